The number of likely N-dealkylation sites (N-methyl/N-ethyl adjacent to an activating group) is 1. The van der Waals surface area contributed by atoms with Crippen LogP contribution in [0.4, 0.5) is 0 Å². The molecule has 0 aliphatic rings. The second-order valence-electron chi connectivity index (χ2n) is 5.16. The van der Waals surface area contributed by atoms with E-state index in [0.29, 0.717) is 11.9 Å². The summed E-state index contributed by atoms with van der Waals surface area (Å²) in [7, 11) is 0. The molecule has 0 spiro atoms. The molecule has 110 valence electrons. The Morgan fingerprint density at radius 3 is 2.55 bits per heavy atom. The summed E-state index contributed by atoms with van der Waals surface area (Å²) < 4.78 is 2.19. The predicted octanol–water partition coefficient (Wildman–Crippen LogP) is 3.38. The van der Waals surface area contributed by atoms with Gasteiger partial charge >= 0.3 is 0 Å². The van der Waals surface area contributed by atoms with Crippen molar-refractivity contribution in [1.82, 2.24) is 19.4 Å². The molecule has 20 heavy (non-hydrogen) atoms. The van der Waals surface area contributed by atoms with Crippen LogP contribution >= 0.6 is 11.6 Å². The first-order valence-corrected chi connectivity index (χ1v) is 7.76. The molecule has 0 aliphatic carbocycles. The maximum absolute atomic E-state index is 6.07. The van der Waals surface area contributed by atoms with E-state index in [-0.39, 0.29) is 0 Å². The highest BCUT2D eigenvalue weighted by molar-refractivity contribution is 6.16. The summed E-state index contributed by atoms with van der Waals surface area (Å²) >= 11 is 6.07. The normalized spacial score (nSPS) is 13.3. The number of alkyl halides is 1. The average molecular weight is 295 g/mol. The minimum absolute atomic E-state index is 0.308. The number of aromatic nitrogens is 3. The number of aryl methyl sites for hydroxylation is 1. The molecule has 1 atom stereocenters. The Labute approximate surface area is 125 Å². The van der Waals surface area contributed by atoms with Crippen LogP contribution in [0, 0.1) is 6.92 Å². The van der Waals surface area contributed by atoms with E-state index in [4.69, 9.17) is 11.6 Å². The first-order valence-electron chi connectivity index (χ1n) is 7.23. The van der Waals surface area contributed by atoms with Gasteiger partial charge < -0.3 is 9.47 Å². The number of hydrogen-bond acceptors (Lipinski definition) is 3. The summed E-state index contributed by atoms with van der Waals surface area (Å²) in [6, 6.07) is 4.32. The quantitative estimate of drug-likeness (QED) is 0.766. The monoisotopic (exact) mass is 294 g/mol. The molecule has 0 N–H and O–H groups in total. The predicted molar refractivity (Wildman–Crippen MR) is 84.3 cm³/mol. The Balaban J connectivity index is 2.42. The highest BCUT2D eigenvalue weighted by Crippen LogP contribution is 2.22. The van der Waals surface area contributed by atoms with E-state index >= 15 is 0 Å². The number of rotatable bonds is 6. The third kappa shape index (κ3) is 2.96. The third-order valence-electron chi connectivity index (χ3n) is 3.73. The van der Waals surface area contributed by atoms with Crippen molar-refractivity contribution in [2.45, 2.75) is 39.6 Å². The minimum atomic E-state index is 0.308. The van der Waals surface area contributed by atoms with Gasteiger partial charge in [-0.2, -0.15) is 0 Å². The van der Waals surface area contributed by atoms with Gasteiger partial charge in [0, 0.05) is 18.3 Å². The van der Waals surface area contributed by atoms with Gasteiger partial charge in [-0.1, -0.05) is 13.8 Å². The van der Waals surface area contributed by atoms with E-state index in [1.54, 1.807) is 0 Å². The number of hydrogen-bond donors (Lipinski definition) is 0. The van der Waals surface area contributed by atoms with E-state index in [0.717, 1.165) is 42.3 Å². The highest BCUT2D eigenvalue weighted by Gasteiger charge is 2.18. The van der Waals surface area contributed by atoms with Gasteiger partial charge in [0.05, 0.1) is 5.88 Å². The summed E-state index contributed by atoms with van der Waals surface area (Å²) in [5.74, 6) is 1.32. The Kier molecular flexibility index (Phi) is 5.00. The molecule has 0 amide bonds. The molecule has 4 nitrogen and oxygen atoms in total. The molecule has 2 aromatic heterocycles. The molecule has 0 aromatic carbocycles. The molecule has 1 unspecified atom stereocenters. The average Bonchev–Trinajstić information content (AvgIpc) is 2.82. The van der Waals surface area contributed by atoms with Crippen LogP contribution in [0.1, 0.15) is 38.3 Å². The Morgan fingerprint density at radius 2 is 1.95 bits per heavy atom. The van der Waals surface area contributed by atoms with E-state index in [1.807, 2.05) is 19.1 Å². The lowest BCUT2D eigenvalue weighted by Crippen LogP contribution is -2.30. The number of nitrogens with zero attached hydrogens (tertiary/aromatic N) is 4. The molecule has 0 radical (unpaired) electrons. The number of halogens is 1. The second kappa shape index (κ2) is 6.55. The van der Waals surface area contributed by atoms with Crippen molar-refractivity contribution < 1.29 is 0 Å². The lowest BCUT2D eigenvalue weighted by molar-refractivity contribution is 0.261. The van der Waals surface area contributed by atoms with Crippen molar-refractivity contribution in [3.63, 3.8) is 0 Å². The van der Waals surface area contributed by atoms with Crippen molar-refractivity contribution >= 4 is 22.8 Å². The number of pyridine rings is 1. The summed E-state index contributed by atoms with van der Waals surface area (Å²) in [6.45, 7) is 11.7. The van der Waals surface area contributed by atoms with Crippen LogP contribution in [0.2, 0.25) is 0 Å². The van der Waals surface area contributed by atoms with Crippen molar-refractivity contribution in [3.05, 3.63) is 23.7 Å². The number of fused-ring (bicyclic) bond motifs is 1. The van der Waals surface area contributed by atoms with Crippen LogP contribution in [0.25, 0.3) is 11.2 Å². The third-order valence-corrected chi connectivity index (χ3v) is 3.97. The van der Waals surface area contributed by atoms with Crippen LogP contribution in [0.5, 0.6) is 0 Å². The maximum Gasteiger partial charge on any atom is 0.160 e. The van der Waals surface area contributed by atoms with Crippen LogP contribution in [-0.4, -0.2) is 39.1 Å². The molecule has 2 rings (SSSR count). The molecule has 5 heteroatoms. The SMILES string of the molecule is CCN(CC)CC(C)n1c(CCl)nc2ccc(C)nc21. The molecule has 2 heterocycles. The van der Waals surface area contributed by atoms with E-state index in [9.17, 15) is 0 Å². The van der Waals surface area contributed by atoms with Crippen LogP contribution in [0.15, 0.2) is 12.1 Å². The Bertz CT molecular complexity index is 575. The van der Waals surface area contributed by atoms with Crippen LogP contribution in [-0.2, 0) is 5.88 Å². The van der Waals surface area contributed by atoms with Gasteiger partial charge in [0.2, 0.25) is 0 Å². The first-order chi connectivity index (χ1) is 9.60. The smallest absolute Gasteiger partial charge is 0.160 e. The van der Waals surface area contributed by atoms with Crippen molar-refractivity contribution in [2.75, 3.05) is 19.6 Å². The van der Waals surface area contributed by atoms with Crippen molar-refractivity contribution in [3.8, 4) is 0 Å². The zero-order chi connectivity index (χ0) is 14.7. The van der Waals surface area contributed by atoms with Crippen molar-refractivity contribution in [1.29, 1.82) is 0 Å². The molecule has 2 aromatic rings. The van der Waals surface area contributed by atoms with Gasteiger partial charge in [-0.05, 0) is 39.1 Å². The molecule has 0 fully saturated rings. The standard InChI is InChI=1S/C15H23ClN4/c1-5-19(6-2)10-12(4)20-14(9-16)18-13-8-7-11(3)17-15(13)20/h7-8,12H,5-6,9-10H2,1-4H3. The van der Waals surface area contributed by atoms with Crippen LogP contribution in [0.3, 0.4) is 0 Å². The number of imidazole rings is 1. The second-order valence-corrected chi connectivity index (χ2v) is 5.43. The zero-order valence-corrected chi connectivity index (χ0v) is 13.5. The maximum atomic E-state index is 6.07. The van der Waals surface area contributed by atoms with Gasteiger partial charge in [-0.3, -0.25) is 0 Å². The topological polar surface area (TPSA) is 34.0 Å². The fraction of sp³-hybridized carbons (Fsp3) is 0.600. The molecule has 0 saturated heterocycles. The van der Waals surface area contributed by atoms with E-state index in [2.05, 4.69) is 40.2 Å². The molecule has 0 saturated carbocycles. The molecule has 0 bridgehead atoms. The van der Waals surface area contributed by atoms with E-state index < -0.39 is 0 Å². The van der Waals surface area contributed by atoms with Gasteiger partial charge in [-0.15, -0.1) is 11.6 Å². The lowest BCUT2D eigenvalue weighted by atomic mass is 10.3. The Hall–Kier alpha value is -1.13. The van der Waals surface area contributed by atoms with Gasteiger partial charge in [0.15, 0.2) is 5.65 Å². The lowest BCUT2D eigenvalue weighted by Gasteiger charge is -2.24. The van der Waals surface area contributed by atoms with Gasteiger partial charge in [0.1, 0.15) is 11.3 Å². The highest BCUT2D eigenvalue weighted by atomic mass is 35.5. The largest absolute Gasteiger partial charge is 0.308 e. The minimum Gasteiger partial charge on any atom is -0.308 e. The van der Waals surface area contributed by atoms with Crippen molar-refractivity contribution in [2.24, 2.45) is 0 Å². The fourth-order valence-corrected chi connectivity index (χ4v) is 2.80. The molecule has 0 aliphatic heterocycles. The Morgan fingerprint density at radius 1 is 1.25 bits per heavy atom. The summed E-state index contributed by atoms with van der Waals surface area (Å²) in [5, 5.41) is 0. The molecular weight excluding hydrogens is 272 g/mol. The summed E-state index contributed by atoms with van der Waals surface area (Å²) in [4.78, 5) is 11.7. The van der Waals surface area contributed by atoms with Crippen LogP contribution < -0.4 is 0 Å². The zero-order valence-electron chi connectivity index (χ0n) is 12.7. The summed E-state index contributed by atoms with van der Waals surface area (Å²) in [6.07, 6.45) is 0. The summed E-state index contributed by atoms with van der Waals surface area (Å²) in [5.41, 5.74) is 2.88. The molecular formula is C15H23ClN4. The fourth-order valence-electron chi connectivity index (χ4n) is 2.61. The van der Waals surface area contributed by atoms with Gasteiger partial charge in [0.25, 0.3) is 0 Å². The van der Waals surface area contributed by atoms with E-state index in [1.165, 1.54) is 0 Å². The van der Waals surface area contributed by atoms with Gasteiger partial charge in [-0.25, -0.2) is 9.97 Å². The first kappa shape index (κ1) is 15.3.